The minimum absolute atomic E-state index is 0.151. The number of primary amides is 1. The Kier molecular flexibility index (Phi) is 6.41. The number of aliphatic imine (C=N–C) groups is 1. The second kappa shape index (κ2) is 9.01. The van der Waals surface area contributed by atoms with Gasteiger partial charge in [-0.25, -0.2) is 5.43 Å². The summed E-state index contributed by atoms with van der Waals surface area (Å²) in [7, 11) is 0. The smallest absolute Gasteiger partial charge is 0.226 e. The lowest BCUT2D eigenvalue weighted by molar-refractivity contribution is -0.120. The zero-order valence-electron chi connectivity index (χ0n) is 18.2. The summed E-state index contributed by atoms with van der Waals surface area (Å²) in [5.74, 6) is -1.35. The van der Waals surface area contributed by atoms with Crippen LogP contribution in [0.2, 0.25) is 0 Å². The lowest BCUT2D eigenvalue weighted by Crippen LogP contribution is -2.26. The van der Waals surface area contributed by atoms with E-state index < -0.39 is 11.8 Å². The summed E-state index contributed by atoms with van der Waals surface area (Å²) in [6.45, 7) is 7.58. The molecule has 1 aliphatic rings. The third kappa shape index (κ3) is 4.75. The normalized spacial score (nSPS) is 14.9. The van der Waals surface area contributed by atoms with Crippen molar-refractivity contribution < 1.29 is 9.59 Å². The fourth-order valence-electron chi connectivity index (χ4n) is 3.50. The van der Waals surface area contributed by atoms with Crippen LogP contribution in [0.15, 0.2) is 47.1 Å². The molecule has 162 valence electrons. The van der Waals surface area contributed by atoms with Crippen LogP contribution in [0.4, 0.5) is 11.4 Å². The number of amides is 2. The number of nitrogens with zero attached hydrogens (tertiary/aromatic N) is 1. The second-order valence-corrected chi connectivity index (χ2v) is 7.65. The highest BCUT2D eigenvalue weighted by molar-refractivity contribution is 6.04. The first-order valence-electron chi connectivity index (χ1n) is 10.0. The number of fused-ring (bicyclic) bond motifs is 1. The van der Waals surface area contributed by atoms with Crippen molar-refractivity contribution in [2.75, 3.05) is 10.7 Å². The van der Waals surface area contributed by atoms with Gasteiger partial charge in [-0.2, -0.15) is 0 Å². The first-order valence-corrected chi connectivity index (χ1v) is 10.0. The molecule has 0 spiro atoms. The SMILES string of the molecule is CC(=O)Nc1cccc(C(C)=N/C(=C(/N)C(C)C(N)=O)c2c(C)ccc3c2CNN3)c1. The molecule has 1 heterocycles. The van der Waals surface area contributed by atoms with Gasteiger partial charge >= 0.3 is 0 Å². The number of hydrogen-bond acceptors (Lipinski definition) is 6. The first-order chi connectivity index (χ1) is 14.7. The Morgan fingerprint density at radius 2 is 1.90 bits per heavy atom. The van der Waals surface area contributed by atoms with Crippen LogP contribution < -0.4 is 27.6 Å². The summed E-state index contributed by atoms with van der Waals surface area (Å²) in [5, 5.41) is 2.78. The molecule has 2 aromatic rings. The predicted molar refractivity (Wildman–Crippen MR) is 124 cm³/mol. The standard InChI is InChI=1S/C23H28N6O2/c1-12-8-9-19-18(11-26-29-19)20(12)22(21(24)13(2)23(25)31)27-14(3)16-6-5-7-17(10-16)28-15(4)30/h5-10,13,26,29H,11,24H2,1-4H3,(H2,25,31)(H,28,30)/b22-21+,27-14?. The van der Waals surface area contributed by atoms with Gasteiger partial charge in [0.05, 0.1) is 17.3 Å². The number of aryl methyl sites for hydroxylation is 1. The van der Waals surface area contributed by atoms with Crippen molar-refractivity contribution in [3.63, 3.8) is 0 Å². The number of carbonyl (C=O) groups is 2. The number of rotatable bonds is 6. The lowest BCUT2D eigenvalue weighted by atomic mass is 9.93. The maximum absolute atomic E-state index is 11.9. The number of hydrogen-bond donors (Lipinski definition) is 5. The van der Waals surface area contributed by atoms with E-state index in [4.69, 9.17) is 16.5 Å². The third-order valence-corrected chi connectivity index (χ3v) is 5.29. The molecular formula is C23H28N6O2. The maximum atomic E-state index is 11.9. The van der Waals surface area contributed by atoms with E-state index in [-0.39, 0.29) is 5.91 Å². The van der Waals surface area contributed by atoms with Crippen LogP contribution in [0.5, 0.6) is 0 Å². The van der Waals surface area contributed by atoms with Gasteiger partial charge < -0.3 is 22.2 Å². The highest BCUT2D eigenvalue weighted by Crippen LogP contribution is 2.35. The highest BCUT2D eigenvalue weighted by Gasteiger charge is 2.24. The highest BCUT2D eigenvalue weighted by atomic mass is 16.1. The molecule has 1 aliphatic heterocycles. The molecule has 1 atom stereocenters. The van der Waals surface area contributed by atoms with Crippen LogP contribution in [-0.4, -0.2) is 17.5 Å². The molecule has 1 unspecified atom stereocenters. The number of anilines is 2. The summed E-state index contributed by atoms with van der Waals surface area (Å²) in [4.78, 5) is 28.2. The maximum Gasteiger partial charge on any atom is 0.226 e. The van der Waals surface area contributed by atoms with Gasteiger partial charge in [-0.05, 0) is 50.1 Å². The fraction of sp³-hybridized carbons (Fsp3) is 0.261. The summed E-state index contributed by atoms with van der Waals surface area (Å²) in [5.41, 5.74) is 25.1. The molecular weight excluding hydrogens is 392 g/mol. The molecule has 0 aliphatic carbocycles. The number of hydrazine groups is 1. The van der Waals surface area contributed by atoms with Gasteiger partial charge in [0.1, 0.15) is 0 Å². The van der Waals surface area contributed by atoms with Crippen LogP contribution in [0, 0.1) is 12.8 Å². The summed E-state index contributed by atoms with van der Waals surface area (Å²) < 4.78 is 0. The molecule has 3 rings (SSSR count). The molecule has 0 saturated heterocycles. The zero-order chi connectivity index (χ0) is 22.7. The largest absolute Gasteiger partial charge is 0.400 e. The Balaban J connectivity index is 2.18. The van der Waals surface area contributed by atoms with Crippen molar-refractivity contribution in [1.82, 2.24) is 5.43 Å². The fourth-order valence-corrected chi connectivity index (χ4v) is 3.50. The van der Waals surface area contributed by atoms with Crippen LogP contribution in [0.3, 0.4) is 0 Å². The van der Waals surface area contributed by atoms with Crippen LogP contribution in [0.25, 0.3) is 5.70 Å². The first kappa shape index (κ1) is 22.0. The van der Waals surface area contributed by atoms with Crippen molar-refractivity contribution in [3.05, 3.63) is 64.3 Å². The molecule has 31 heavy (non-hydrogen) atoms. The van der Waals surface area contributed by atoms with Crippen molar-refractivity contribution in [1.29, 1.82) is 0 Å². The van der Waals surface area contributed by atoms with Gasteiger partial charge in [-0.15, -0.1) is 0 Å². The molecule has 2 aromatic carbocycles. The van der Waals surface area contributed by atoms with Gasteiger partial charge in [0.25, 0.3) is 0 Å². The van der Waals surface area contributed by atoms with Gasteiger partial charge in [0, 0.05) is 41.7 Å². The number of nitrogens with one attached hydrogen (secondary N) is 3. The average Bonchev–Trinajstić information content (AvgIpc) is 3.19. The van der Waals surface area contributed by atoms with Gasteiger partial charge in [0.15, 0.2) is 0 Å². The number of benzene rings is 2. The van der Waals surface area contributed by atoms with E-state index in [1.807, 2.05) is 50.2 Å². The van der Waals surface area contributed by atoms with Gasteiger partial charge in [-0.1, -0.05) is 18.2 Å². The quantitative estimate of drug-likeness (QED) is 0.458. The summed E-state index contributed by atoms with van der Waals surface area (Å²) in [6, 6.07) is 11.4. The van der Waals surface area contributed by atoms with Crippen LogP contribution >= 0.6 is 0 Å². The Morgan fingerprint density at radius 1 is 1.16 bits per heavy atom. The van der Waals surface area contributed by atoms with Crippen molar-refractivity contribution in [3.8, 4) is 0 Å². The molecule has 0 saturated carbocycles. The Hall–Kier alpha value is -3.65. The van der Waals surface area contributed by atoms with Crippen LogP contribution in [0.1, 0.15) is 43.0 Å². The second-order valence-electron chi connectivity index (χ2n) is 7.65. The van der Waals surface area contributed by atoms with E-state index in [9.17, 15) is 9.59 Å². The Morgan fingerprint density at radius 3 is 2.58 bits per heavy atom. The van der Waals surface area contributed by atoms with E-state index in [0.717, 1.165) is 27.9 Å². The molecule has 0 fully saturated rings. The number of nitrogens with two attached hydrogens (primary N) is 2. The van der Waals surface area contributed by atoms with Crippen molar-refractivity contribution >= 4 is 34.6 Å². The Labute approximate surface area is 181 Å². The monoisotopic (exact) mass is 420 g/mol. The molecule has 0 bridgehead atoms. The zero-order valence-corrected chi connectivity index (χ0v) is 18.2. The van der Waals surface area contributed by atoms with Gasteiger partial charge in [-0.3, -0.25) is 14.6 Å². The summed E-state index contributed by atoms with van der Waals surface area (Å²) in [6.07, 6.45) is 0. The predicted octanol–water partition coefficient (Wildman–Crippen LogP) is 2.64. The van der Waals surface area contributed by atoms with E-state index in [2.05, 4.69) is 16.2 Å². The van der Waals surface area contributed by atoms with Crippen LogP contribution in [-0.2, 0) is 16.1 Å². The van der Waals surface area contributed by atoms with E-state index in [1.165, 1.54) is 6.92 Å². The molecule has 0 aromatic heterocycles. The third-order valence-electron chi connectivity index (χ3n) is 5.29. The molecule has 2 amide bonds. The van der Waals surface area contributed by atoms with E-state index in [0.29, 0.717) is 29.3 Å². The average molecular weight is 421 g/mol. The van der Waals surface area contributed by atoms with Crippen molar-refractivity contribution in [2.45, 2.75) is 34.2 Å². The molecule has 8 nitrogen and oxygen atoms in total. The molecule has 0 radical (unpaired) electrons. The minimum Gasteiger partial charge on any atom is -0.400 e. The number of carbonyl (C=O) groups excluding carboxylic acids is 2. The Bertz CT molecular complexity index is 1100. The minimum atomic E-state index is -0.685. The van der Waals surface area contributed by atoms with Gasteiger partial charge in [0.2, 0.25) is 11.8 Å². The molecule has 8 heteroatoms. The molecule has 7 N–H and O–H groups in total. The summed E-state index contributed by atoms with van der Waals surface area (Å²) >= 11 is 0. The van der Waals surface area contributed by atoms with E-state index >= 15 is 0 Å². The lowest BCUT2D eigenvalue weighted by Gasteiger charge is -2.18. The topological polar surface area (TPSA) is 135 Å². The van der Waals surface area contributed by atoms with Crippen molar-refractivity contribution in [2.24, 2.45) is 22.4 Å². The van der Waals surface area contributed by atoms with E-state index in [1.54, 1.807) is 6.92 Å².